The predicted octanol–water partition coefficient (Wildman–Crippen LogP) is 4.91. The molecule has 4 N–H and O–H groups in total. The number of ether oxygens (including phenoxy) is 1. The number of esters is 1. The summed E-state index contributed by atoms with van der Waals surface area (Å²) in [5.74, 6) is 0.384. The molecule has 0 aliphatic rings. The van der Waals surface area contributed by atoms with Crippen LogP contribution in [-0.2, 0) is 23.1 Å². The number of carbonyl (C=O) groups is 2. The van der Waals surface area contributed by atoms with Crippen LogP contribution in [0.4, 0.5) is 11.4 Å². The number of rotatable bonds is 10. The second kappa shape index (κ2) is 14.2. The van der Waals surface area contributed by atoms with Crippen LogP contribution in [0.15, 0.2) is 72.8 Å². The molecule has 3 aromatic carbocycles. The van der Waals surface area contributed by atoms with E-state index in [9.17, 15) is 9.59 Å². The molecule has 0 aliphatic heterocycles. The maximum absolute atomic E-state index is 13.6. The molecule has 11 heteroatoms. The second-order valence-corrected chi connectivity index (χ2v) is 8.61. The summed E-state index contributed by atoms with van der Waals surface area (Å²) in [5, 5.41) is 10.8. The molecule has 9 nitrogen and oxygen atoms in total. The van der Waals surface area contributed by atoms with E-state index in [1.165, 1.54) is 7.11 Å². The van der Waals surface area contributed by atoms with Crippen molar-refractivity contribution in [1.82, 2.24) is 9.55 Å². The minimum Gasteiger partial charge on any atom is -0.469 e. The summed E-state index contributed by atoms with van der Waals surface area (Å²) >= 11 is 0. The predicted molar refractivity (Wildman–Crippen MR) is 159 cm³/mol. The van der Waals surface area contributed by atoms with Gasteiger partial charge in [0.05, 0.1) is 24.7 Å². The first-order valence-corrected chi connectivity index (χ1v) is 11.9. The third-order valence-electron chi connectivity index (χ3n) is 6.17. The van der Waals surface area contributed by atoms with Gasteiger partial charge in [-0.05, 0) is 61.0 Å². The van der Waals surface area contributed by atoms with Crippen LogP contribution in [0.3, 0.4) is 0 Å². The lowest BCUT2D eigenvalue weighted by molar-refractivity contribution is -0.140. The molecule has 4 rings (SSSR count). The molecule has 0 fully saturated rings. The molecule has 0 saturated carbocycles. The number of aromatic nitrogens is 2. The highest BCUT2D eigenvalue weighted by Crippen LogP contribution is 2.22. The first-order valence-electron chi connectivity index (χ1n) is 11.9. The van der Waals surface area contributed by atoms with Crippen LogP contribution in [0.25, 0.3) is 11.0 Å². The number of amides is 1. The van der Waals surface area contributed by atoms with Gasteiger partial charge in [0, 0.05) is 42.5 Å². The number of nitrogen functional groups attached to an aromatic ring is 1. The molecule has 1 heterocycles. The molecule has 0 radical (unpaired) electrons. The summed E-state index contributed by atoms with van der Waals surface area (Å²) in [5.41, 5.74) is 10.00. The Kier molecular flexibility index (Phi) is 11.3. The fourth-order valence-electron chi connectivity index (χ4n) is 4.08. The van der Waals surface area contributed by atoms with Crippen LogP contribution in [-0.4, -0.2) is 40.9 Å². The Morgan fingerprint density at radius 3 is 2.33 bits per heavy atom. The van der Waals surface area contributed by atoms with Crippen LogP contribution in [0.1, 0.15) is 34.6 Å². The smallest absolute Gasteiger partial charge is 0.305 e. The van der Waals surface area contributed by atoms with E-state index in [0.717, 1.165) is 28.2 Å². The van der Waals surface area contributed by atoms with Gasteiger partial charge in [0.2, 0.25) is 0 Å². The van der Waals surface area contributed by atoms with Crippen LogP contribution in [0.2, 0.25) is 0 Å². The number of methoxy groups -OCH3 is 1. The number of anilines is 2. The average Bonchev–Trinajstić information content (AvgIpc) is 3.24. The van der Waals surface area contributed by atoms with Gasteiger partial charge in [0.25, 0.3) is 5.91 Å². The van der Waals surface area contributed by atoms with Gasteiger partial charge in [0.15, 0.2) is 0 Å². The van der Waals surface area contributed by atoms with E-state index in [1.54, 1.807) is 29.2 Å². The normalized spacial score (nSPS) is 10.2. The monoisotopic (exact) mass is 570 g/mol. The zero-order valence-corrected chi connectivity index (χ0v) is 23.3. The molecule has 0 bridgehead atoms. The van der Waals surface area contributed by atoms with Gasteiger partial charge in [-0.3, -0.25) is 15.0 Å². The summed E-state index contributed by atoms with van der Waals surface area (Å²) < 4.78 is 6.73. The van der Waals surface area contributed by atoms with E-state index in [0.29, 0.717) is 30.6 Å². The number of nitrogens with two attached hydrogens (primary N) is 1. The Hall–Kier alpha value is -4.08. The highest BCUT2D eigenvalue weighted by atomic mass is 35.5. The molecule has 4 aromatic rings. The van der Waals surface area contributed by atoms with Crippen molar-refractivity contribution in [2.45, 2.75) is 19.4 Å². The first kappa shape index (κ1) is 31.1. The summed E-state index contributed by atoms with van der Waals surface area (Å²) in [6.07, 6.45) is 0.725. The standard InChI is InChI=1S/C28H30N6O3.2ClH/c1-33-24-15-12-20(28(36)34(16-6-9-26(35)37-2)22-7-4-3-5-8-22)17-23(24)32-25(33)18-31-21-13-10-19(11-14-21)27(29)30;;/h3-5,7-8,10-15,17,31H,6,9,16,18H2,1-2H3,(H3,29,30);2*1H. The molecule has 206 valence electrons. The van der Waals surface area contributed by atoms with E-state index in [1.807, 2.05) is 60.1 Å². The topological polar surface area (TPSA) is 126 Å². The van der Waals surface area contributed by atoms with Crippen LogP contribution in [0, 0.1) is 5.41 Å². The molecule has 0 spiro atoms. The number of aryl methyl sites for hydroxylation is 1. The number of carbonyl (C=O) groups excluding carboxylic acids is 2. The van der Waals surface area contributed by atoms with Crippen molar-refractivity contribution in [3.63, 3.8) is 0 Å². The number of nitrogens with zero attached hydrogens (tertiary/aromatic N) is 3. The van der Waals surface area contributed by atoms with Crippen molar-refractivity contribution in [3.8, 4) is 0 Å². The molecule has 1 amide bonds. The fourth-order valence-corrected chi connectivity index (χ4v) is 4.08. The highest BCUT2D eigenvalue weighted by molar-refractivity contribution is 6.07. The van der Waals surface area contributed by atoms with E-state index >= 15 is 0 Å². The van der Waals surface area contributed by atoms with E-state index in [2.05, 4.69) is 5.32 Å². The Labute approximate surface area is 239 Å². The zero-order chi connectivity index (χ0) is 26.4. The van der Waals surface area contributed by atoms with Gasteiger partial charge in [-0.25, -0.2) is 4.98 Å². The van der Waals surface area contributed by atoms with Crippen molar-refractivity contribution >= 4 is 64.9 Å². The van der Waals surface area contributed by atoms with Crippen molar-refractivity contribution in [1.29, 1.82) is 5.41 Å². The quantitative estimate of drug-likeness (QED) is 0.141. The molecule has 0 atom stereocenters. The van der Waals surface area contributed by atoms with Gasteiger partial charge < -0.3 is 25.3 Å². The maximum Gasteiger partial charge on any atom is 0.305 e. The van der Waals surface area contributed by atoms with Crippen molar-refractivity contribution in [3.05, 3.63) is 89.7 Å². The van der Waals surface area contributed by atoms with Gasteiger partial charge in [-0.1, -0.05) is 18.2 Å². The average molecular weight is 572 g/mol. The molecule has 1 aromatic heterocycles. The number of hydrogen-bond acceptors (Lipinski definition) is 6. The number of amidine groups is 1. The lowest BCUT2D eigenvalue weighted by Crippen LogP contribution is -2.32. The SMILES string of the molecule is COC(=O)CCCN(C(=O)c1ccc2c(c1)nc(CNc1ccc(C(=N)N)cc1)n2C)c1ccccc1.Cl.Cl. The van der Waals surface area contributed by atoms with Gasteiger partial charge in [-0.2, -0.15) is 0 Å². The minimum atomic E-state index is -0.300. The van der Waals surface area contributed by atoms with E-state index in [4.69, 9.17) is 20.9 Å². The van der Waals surface area contributed by atoms with E-state index < -0.39 is 0 Å². The van der Waals surface area contributed by atoms with Gasteiger partial charge in [0.1, 0.15) is 11.7 Å². The summed E-state index contributed by atoms with van der Waals surface area (Å²) in [4.78, 5) is 31.6. The Bertz CT molecular complexity index is 1420. The Morgan fingerprint density at radius 1 is 1.03 bits per heavy atom. The third kappa shape index (κ3) is 7.49. The molecule has 0 aliphatic carbocycles. The maximum atomic E-state index is 13.6. The number of nitrogens with one attached hydrogen (secondary N) is 2. The lowest BCUT2D eigenvalue weighted by atomic mass is 10.1. The van der Waals surface area contributed by atoms with Crippen molar-refractivity contribution < 1.29 is 14.3 Å². The summed E-state index contributed by atoms with van der Waals surface area (Å²) in [6, 6.07) is 22.2. The second-order valence-electron chi connectivity index (χ2n) is 8.61. The summed E-state index contributed by atoms with van der Waals surface area (Å²) in [7, 11) is 3.30. The molecule has 0 saturated heterocycles. The fraction of sp³-hybridized carbons (Fsp3) is 0.214. The number of para-hydroxylation sites is 1. The molecule has 39 heavy (non-hydrogen) atoms. The number of halogens is 2. The molecular weight excluding hydrogens is 539 g/mol. The summed E-state index contributed by atoms with van der Waals surface area (Å²) in [6.45, 7) is 0.868. The van der Waals surface area contributed by atoms with Crippen molar-refractivity contribution in [2.24, 2.45) is 12.8 Å². The number of fused-ring (bicyclic) bond motifs is 1. The molecular formula is C28H32Cl2N6O3. The van der Waals surface area contributed by atoms with Crippen LogP contribution >= 0.6 is 24.8 Å². The van der Waals surface area contributed by atoms with Gasteiger partial charge in [-0.15, -0.1) is 24.8 Å². The zero-order valence-electron chi connectivity index (χ0n) is 21.7. The molecule has 0 unspecified atom stereocenters. The highest BCUT2D eigenvalue weighted by Gasteiger charge is 2.19. The number of imidazole rings is 1. The van der Waals surface area contributed by atoms with Crippen LogP contribution < -0.4 is 16.0 Å². The minimum absolute atomic E-state index is 0. The lowest BCUT2D eigenvalue weighted by Gasteiger charge is -2.23. The number of hydrogen-bond donors (Lipinski definition) is 3. The third-order valence-corrected chi connectivity index (χ3v) is 6.17. The number of benzene rings is 3. The Balaban J connectivity index is 0.00000267. The van der Waals surface area contributed by atoms with Gasteiger partial charge >= 0.3 is 5.97 Å². The van der Waals surface area contributed by atoms with Crippen molar-refractivity contribution in [2.75, 3.05) is 23.9 Å². The van der Waals surface area contributed by atoms with Crippen LogP contribution in [0.5, 0.6) is 0 Å². The van der Waals surface area contributed by atoms with E-state index in [-0.39, 0.29) is 48.9 Å². The largest absolute Gasteiger partial charge is 0.469 e. The first-order chi connectivity index (χ1) is 17.9. The Morgan fingerprint density at radius 2 is 1.69 bits per heavy atom.